The van der Waals surface area contributed by atoms with Crippen LogP contribution in [-0.4, -0.2) is 94.4 Å². The van der Waals surface area contributed by atoms with Gasteiger partial charge in [0, 0.05) is 58.2 Å². The lowest BCUT2D eigenvalue weighted by Gasteiger charge is -2.46. The van der Waals surface area contributed by atoms with Crippen LogP contribution in [0.15, 0.2) is 29.2 Å². The molecule has 0 aliphatic carbocycles. The number of hydrogen-bond acceptors (Lipinski definition) is 6. The third-order valence-corrected chi connectivity index (χ3v) is 8.54. The largest absolute Gasteiger partial charge is 0.381 e. The van der Waals surface area contributed by atoms with E-state index in [9.17, 15) is 8.42 Å². The highest BCUT2D eigenvalue weighted by Crippen LogP contribution is 2.26. The molecule has 0 bridgehead atoms. The standard InChI is InChI=1S/C25H41N3O3S/c1-32(29,30)25-10-7-22(8-11-25)18-27-15-16-28-19-23(6-9-24(28)20-27)21-31-17-5-14-26-12-3-2-4-13-26/h7-8,10-11,23-24H,2-6,9,12-21H2,1H3. The van der Waals surface area contributed by atoms with E-state index in [1.54, 1.807) is 12.1 Å². The van der Waals surface area contributed by atoms with E-state index in [1.165, 1.54) is 76.5 Å². The third kappa shape index (κ3) is 7.00. The topological polar surface area (TPSA) is 53.1 Å². The van der Waals surface area contributed by atoms with Crippen molar-refractivity contribution in [1.29, 1.82) is 0 Å². The molecule has 0 N–H and O–H groups in total. The number of piperazine rings is 1. The molecule has 3 saturated heterocycles. The van der Waals surface area contributed by atoms with Crippen molar-refractivity contribution in [3.8, 4) is 0 Å². The first-order valence-electron chi connectivity index (χ1n) is 12.5. The number of fused-ring (bicyclic) bond motifs is 1. The second kappa shape index (κ2) is 11.4. The van der Waals surface area contributed by atoms with Crippen LogP contribution in [0.2, 0.25) is 0 Å². The fourth-order valence-electron chi connectivity index (χ4n) is 5.53. The van der Waals surface area contributed by atoms with Gasteiger partial charge < -0.3 is 9.64 Å². The van der Waals surface area contributed by atoms with Gasteiger partial charge in [0.05, 0.1) is 11.5 Å². The minimum Gasteiger partial charge on any atom is -0.381 e. The maximum absolute atomic E-state index is 11.7. The zero-order valence-electron chi connectivity index (χ0n) is 19.8. The number of benzene rings is 1. The van der Waals surface area contributed by atoms with Crippen molar-refractivity contribution in [2.45, 2.75) is 56.0 Å². The molecule has 32 heavy (non-hydrogen) atoms. The number of likely N-dealkylation sites (tertiary alicyclic amines) is 1. The molecule has 4 rings (SSSR count). The Morgan fingerprint density at radius 1 is 0.938 bits per heavy atom. The molecule has 3 aliphatic heterocycles. The van der Waals surface area contributed by atoms with Gasteiger partial charge in [-0.25, -0.2) is 8.42 Å². The van der Waals surface area contributed by atoms with E-state index >= 15 is 0 Å². The first-order chi connectivity index (χ1) is 15.5. The van der Waals surface area contributed by atoms with Crippen LogP contribution < -0.4 is 0 Å². The molecule has 0 spiro atoms. The molecule has 3 fully saturated rings. The quantitative estimate of drug-likeness (QED) is 0.525. The van der Waals surface area contributed by atoms with Gasteiger partial charge in [0.15, 0.2) is 9.84 Å². The summed E-state index contributed by atoms with van der Waals surface area (Å²) in [5.74, 6) is 0.677. The number of ether oxygens (including phenoxy) is 1. The molecular formula is C25H41N3O3S. The molecule has 180 valence electrons. The van der Waals surface area contributed by atoms with Gasteiger partial charge in [-0.2, -0.15) is 0 Å². The van der Waals surface area contributed by atoms with Gasteiger partial charge >= 0.3 is 0 Å². The number of piperidine rings is 2. The molecule has 2 atom stereocenters. The van der Waals surface area contributed by atoms with Crippen LogP contribution in [0.3, 0.4) is 0 Å². The van der Waals surface area contributed by atoms with Gasteiger partial charge in [-0.1, -0.05) is 18.6 Å². The van der Waals surface area contributed by atoms with Crippen molar-refractivity contribution < 1.29 is 13.2 Å². The first kappa shape index (κ1) is 24.1. The maximum atomic E-state index is 11.7. The summed E-state index contributed by atoms with van der Waals surface area (Å²) in [7, 11) is -3.12. The summed E-state index contributed by atoms with van der Waals surface area (Å²) >= 11 is 0. The lowest BCUT2D eigenvalue weighted by Crippen LogP contribution is -2.56. The maximum Gasteiger partial charge on any atom is 0.175 e. The number of hydrogen-bond donors (Lipinski definition) is 0. The summed E-state index contributed by atoms with van der Waals surface area (Å²) in [6.45, 7) is 11.0. The Balaban J connectivity index is 1.13. The molecule has 0 radical (unpaired) electrons. The summed E-state index contributed by atoms with van der Waals surface area (Å²) in [6.07, 6.45) is 9.09. The van der Waals surface area contributed by atoms with Crippen molar-refractivity contribution in [3.63, 3.8) is 0 Å². The van der Waals surface area contributed by atoms with Gasteiger partial charge in [-0.05, 0) is 68.8 Å². The highest BCUT2D eigenvalue weighted by Gasteiger charge is 2.32. The van der Waals surface area contributed by atoms with Gasteiger partial charge in [-0.15, -0.1) is 0 Å². The fourth-order valence-corrected chi connectivity index (χ4v) is 6.16. The van der Waals surface area contributed by atoms with Gasteiger partial charge in [0.25, 0.3) is 0 Å². The predicted molar refractivity (Wildman–Crippen MR) is 129 cm³/mol. The van der Waals surface area contributed by atoms with Crippen LogP contribution in [-0.2, 0) is 21.1 Å². The van der Waals surface area contributed by atoms with E-state index in [4.69, 9.17) is 4.74 Å². The van der Waals surface area contributed by atoms with Crippen LogP contribution in [0.1, 0.15) is 44.1 Å². The Kier molecular flexibility index (Phi) is 8.62. The Morgan fingerprint density at radius 3 is 2.47 bits per heavy atom. The number of rotatable bonds is 9. The van der Waals surface area contributed by atoms with Crippen molar-refractivity contribution in [3.05, 3.63) is 29.8 Å². The van der Waals surface area contributed by atoms with Crippen molar-refractivity contribution in [1.82, 2.24) is 14.7 Å². The number of sulfone groups is 1. The molecule has 0 saturated carbocycles. The average Bonchev–Trinajstić information content (AvgIpc) is 2.79. The van der Waals surface area contributed by atoms with Crippen LogP contribution >= 0.6 is 0 Å². The van der Waals surface area contributed by atoms with Gasteiger partial charge in [-0.3, -0.25) is 9.80 Å². The Hall–Kier alpha value is -0.990. The summed E-state index contributed by atoms with van der Waals surface area (Å²) in [6, 6.07) is 8.04. The normalized spacial score (nSPS) is 26.2. The Labute approximate surface area is 194 Å². The molecule has 3 aliphatic rings. The lowest BCUT2D eigenvalue weighted by molar-refractivity contribution is -0.00316. The van der Waals surface area contributed by atoms with Crippen molar-refractivity contribution in [2.24, 2.45) is 5.92 Å². The molecule has 0 aromatic heterocycles. The summed E-state index contributed by atoms with van der Waals surface area (Å²) < 4.78 is 29.4. The molecule has 1 aromatic carbocycles. The second-order valence-electron chi connectivity index (χ2n) is 10.1. The zero-order chi connectivity index (χ0) is 22.4. The smallest absolute Gasteiger partial charge is 0.175 e. The van der Waals surface area contributed by atoms with E-state index < -0.39 is 9.84 Å². The van der Waals surface area contributed by atoms with Crippen LogP contribution in [0.4, 0.5) is 0 Å². The van der Waals surface area contributed by atoms with Gasteiger partial charge in [0.2, 0.25) is 0 Å². The van der Waals surface area contributed by atoms with Crippen molar-refractivity contribution >= 4 is 9.84 Å². The first-order valence-corrected chi connectivity index (χ1v) is 14.4. The van der Waals surface area contributed by atoms with Crippen LogP contribution in [0.5, 0.6) is 0 Å². The number of nitrogens with zero attached hydrogens (tertiary/aromatic N) is 3. The third-order valence-electron chi connectivity index (χ3n) is 7.41. The summed E-state index contributed by atoms with van der Waals surface area (Å²) in [4.78, 5) is 8.19. The highest BCUT2D eigenvalue weighted by atomic mass is 32.2. The molecule has 2 unspecified atom stereocenters. The molecule has 6 nitrogen and oxygen atoms in total. The van der Waals surface area contributed by atoms with E-state index in [-0.39, 0.29) is 0 Å². The van der Waals surface area contributed by atoms with Crippen LogP contribution in [0.25, 0.3) is 0 Å². The molecule has 0 amide bonds. The Morgan fingerprint density at radius 2 is 1.72 bits per heavy atom. The monoisotopic (exact) mass is 463 g/mol. The average molecular weight is 464 g/mol. The molecule has 1 aromatic rings. The highest BCUT2D eigenvalue weighted by molar-refractivity contribution is 7.90. The van der Waals surface area contributed by atoms with E-state index in [0.717, 1.165) is 39.4 Å². The van der Waals surface area contributed by atoms with E-state index in [1.807, 2.05) is 12.1 Å². The molecular weight excluding hydrogens is 422 g/mol. The zero-order valence-corrected chi connectivity index (χ0v) is 20.6. The van der Waals surface area contributed by atoms with Crippen molar-refractivity contribution in [2.75, 3.05) is 65.3 Å². The SMILES string of the molecule is CS(=O)(=O)c1ccc(CN2CCN3CC(COCCCN4CCCCC4)CCC3C2)cc1. The molecule has 7 heteroatoms. The minimum atomic E-state index is -3.12. The molecule has 3 heterocycles. The lowest BCUT2D eigenvalue weighted by atomic mass is 9.91. The van der Waals surface area contributed by atoms with Gasteiger partial charge in [0.1, 0.15) is 0 Å². The second-order valence-corrected chi connectivity index (χ2v) is 12.1. The van der Waals surface area contributed by atoms with E-state index in [2.05, 4.69) is 14.7 Å². The fraction of sp³-hybridized carbons (Fsp3) is 0.760. The van der Waals surface area contributed by atoms with Crippen LogP contribution in [0, 0.1) is 5.92 Å². The summed E-state index contributed by atoms with van der Waals surface area (Å²) in [5, 5.41) is 0. The van der Waals surface area contributed by atoms with E-state index in [0.29, 0.717) is 16.9 Å². The minimum absolute atomic E-state index is 0.401. The predicted octanol–water partition coefficient (Wildman–Crippen LogP) is 2.88. The Bertz CT molecular complexity index is 808. The summed E-state index contributed by atoms with van der Waals surface area (Å²) in [5.41, 5.74) is 1.19.